The Morgan fingerprint density at radius 3 is 2.28 bits per heavy atom. The third-order valence-corrected chi connectivity index (χ3v) is 4.14. The molecule has 0 spiro atoms. The Bertz CT molecular complexity index is 609. The minimum Gasteiger partial charge on any atom is -0.344 e. The Hall–Kier alpha value is -1.36. The fraction of sp³-hybridized carbons (Fsp3) is 0.133. The topological polar surface area (TPSA) is 29.1 Å². The van der Waals surface area contributed by atoms with E-state index in [1.54, 1.807) is 0 Å². The molecular weight excluding hydrogens is 337 g/mol. The summed E-state index contributed by atoms with van der Waals surface area (Å²) in [5, 5.41) is 3.09. The Morgan fingerprint density at radius 2 is 1.56 bits per heavy atom. The van der Waals surface area contributed by atoms with Crippen molar-refractivity contribution in [1.82, 2.24) is 5.32 Å². The fourth-order valence-electron chi connectivity index (χ4n) is 2.40. The molecule has 0 saturated heterocycles. The van der Waals surface area contributed by atoms with E-state index in [1.807, 2.05) is 36.4 Å². The van der Waals surface area contributed by atoms with Crippen LogP contribution >= 0.6 is 22.6 Å². The molecule has 2 aromatic carbocycles. The summed E-state index contributed by atoms with van der Waals surface area (Å²) in [5.74, 6) is 0.0171. The first-order valence-corrected chi connectivity index (χ1v) is 7.39. The maximum Gasteiger partial charge on any atom is 0.252 e. The van der Waals surface area contributed by atoms with E-state index in [2.05, 4.69) is 40.0 Å². The molecule has 1 aliphatic rings. The molecule has 1 atom stereocenters. The molecule has 3 rings (SSSR count). The highest BCUT2D eigenvalue weighted by Gasteiger charge is 2.24. The van der Waals surface area contributed by atoms with Crippen molar-refractivity contribution >= 4 is 28.5 Å². The predicted molar refractivity (Wildman–Crippen MR) is 81.0 cm³/mol. The zero-order valence-electron chi connectivity index (χ0n) is 9.69. The van der Waals surface area contributed by atoms with Gasteiger partial charge in [0.05, 0.1) is 6.04 Å². The lowest BCUT2D eigenvalue weighted by Gasteiger charge is -2.15. The zero-order valence-corrected chi connectivity index (χ0v) is 11.8. The molecule has 90 valence electrons. The first-order valence-electron chi connectivity index (χ1n) is 5.86. The molecule has 0 bridgehead atoms. The summed E-state index contributed by atoms with van der Waals surface area (Å²) in [7, 11) is 0. The van der Waals surface area contributed by atoms with Gasteiger partial charge < -0.3 is 5.32 Å². The van der Waals surface area contributed by atoms with Gasteiger partial charge in [-0.05, 0) is 22.8 Å². The monoisotopic (exact) mass is 349 g/mol. The van der Waals surface area contributed by atoms with Crippen LogP contribution < -0.4 is 5.32 Å². The number of hydrogen-bond donors (Lipinski definition) is 1. The number of carbonyl (C=O) groups is 1. The number of hydrogen-bond acceptors (Lipinski definition) is 1. The average molecular weight is 349 g/mol. The summed E-state index contributed by atoms with van der Waals surface area (Å²) in [6, 6.07) is 16.1. The predicted octanol–water partition coefficient (Wildman–Crippen LogP) is 3.57. The standard InChI is InChI=1S/C15H12INO/c16-9-14-12-7-3-1-5-10(12)11-6-2-4-8-13(11)15(18)17-14/h1-8,14H,9H2,(H,17,18). The van der Waals surface area contributed by atoms with Gasteiger partial charge in [0.15, 0.2) is 0 Å². The van der Waals surface area contributed by atoms with Crippen molar-refractivity contribution in [2.24, 2.45) is 0 Å². The Balaban J connectivity index is 2.30. The lowest BCUT2D eigenvalue weighted by molar-refractivity contribution is 0.0943. The molecule has 1 amide bonds. The molecule has 0 fully saturated rings. The van der Waals surface area contributed by atoms with Crippen LogP contribution in [0, 0.1) is 0 Å². The minimum atomic E-state index is 0.0171. The molecule has 18 heavy (non-hydrogen) atoms. The van der Waals surface area contributed by atoms with Crippen molar-refractivity contribution in [3.63, 3.8) is 0 Å². The van der Waals surface area contributed by atoms with E-state index in [0.717, 1.165) is 21.1 Å². The van der Waals surface area contributed by atoms with Crippen molar-refractivity contribution in [3.8, 4) is 11.1 Å². The van der Waals surface area contributed by atoms with E-state index >= 15 is 0 Å². The molecule has 2 aromatic rings. The van der Waals surface area contributed by atoms with Crippen LogP contribution in [0.25, 0.3) is 11.1 Å². The van der Waals surface area contributed by atoms with Gasteiger partial charge in [-0.15, -0.1) is 0 Å². The van der Waals surface area contributed by atoms with Gasteiger partial charge in [-0.2, -0.15) is 0 Å². The van der Waals surface area contributed by atoms with Crippen molar-refractivity contribution in [1.29, 1.82) is 0 Å². The van der Waals surface area contributed by atoms with Crippen LogP contribution in [-0.2, 0) is 0 Å². The largest absolute Gasteiger partial charge is 0.344 e. The van der Waals surface area contributed by atoms with Crippen LogP contribution in [0.15, 0.2) is 48.5 Å². The second-order valence-corrected chi connectivity index (χ2v) is 5.19. The quantitative estimate of drug-likeness (QED) is 0.619. The van der Waals surface area contributed by atoms with Crippen LogP contribution in [-0.4, -0.2) is 10.3 Å². The third-order valence-electron chi connectivity index (χ3n) is 3.26. The number of nitrogens with one attached hydrogen (secondary N) is 1. The van der Waals surface area contributed by atoms with Gasteiger partial charge in [0, 0.05) is 9.99 Å². The maximum atomic E-state index is 12.2. The Labute approximate surface area is 120 Å². The van der Waals surface area contributed by atoms with Crippen molar-refractivity contribution in [2.45, 2.75) is 6.04 Å². The SMILES string of the molecule is O=C1NC(CI)c2ccccc2-c2ccccc21. The van der Waals surface area contributed by atoms with Gasteiger partial charge >= 0.3 is 0 Å². The van der Waals surface area contributed by atoms with Crippen molar-refractivity contribution < 1.29 is 4.79 Å². The first kappa shape index (κ1) is 11.7. The summed E-state index contributed by atoms with van der Waals surface area (Å²) in [4.78, 5) is 12.2. The second-order valence-electron chi connectivity index (χ2n) is 4.31. The molecule has 0 aliphatic carbocycles. The van der Waals surface area contributed by atoms with E-state index in [4.69, 9.17) is 0 Å². The molecule has 0 radical (unpaired) electrons. The number of benzene rings is 2. The van der Waals surface area contributed by atoms with Gasteiger partial charge in [0.25, 0.3) is 5.91 Å². The van der Waals surface area contributed by atoms with Crippen LogP contribution in [0.2, 0.25) is 0 Å². The molecule has 2 nitrogen and oxygen atoms in total. The van der Waals surface area contributed by atoms with Crippen molar-refractivity contribution in [3.05, 3.63) is 59.7 Å². The first-order chi connectivity index (χ1) is 8.81. The van der Waals surface area contributed by atoms with Crippen molar-refractivity contribution in [2.75, 3.05) is 4.43 Å². The van der Waals surface area contributed by atoms with Crippen LogP contribution in [0.4, 0.5) is 0 Å². The van der Waals surface area contributed by atoms with Gasteiger partial charge in [0.2, 0.25) is 0 Å². The summed E-state index contributed by atoms with van der Waals surface area (Å²) in [5.41, 5.74) is 4.15. The molecular formula is C15H12INO. The van der Waals surface area contributed by atoms with Crippen LogP contribution in [0.3, 0.4) is 0 Å². The molecule has 1 heterocycles. The van der Waals surface area contributed by atoms with E-state index in [9.17, 15) is 4.79 Å². The van der Waals surface area contributed by atoms with E-state index in [0.29, 0.717) is 0 Å². The molecule has 0 saturated carbocycles. The summed E-state index contributed by atoms with van der Waals surface area (Å²) in [6.07, 6.45) is 0. The lowest BCUT2D eigenvalue weighted by Crippen LogP contribution is -2.28. The number of halogens is 1. The molecule has 1 unspecified atom stereocenters. The third kappa shape index (κ3) is 1.82. The number of amides is 1. The number of carbonyl (C=O) groups excluding carboxylic acids is 1. The average Bonchev–Trinajstić information content (AvgIpc) is 2.55. The summed E-state index contributed by atoms with van der Waals surface area (Å²) in [6.45, 7) is 0. The lowest BCUT2D eigenvalue weighted by atomic mass is 9.94. The highest BCUT2D eigenvalue weighted by atomic mass is 127. The van der Waals surface area contributed by atoms with Gasteiger partial charge in [-0.25, -0.2) is 0 Å². The molecule has 3 heteroatoms. The molecule has 1 aliphatic heterocycles. The van der Waals surface area contributed by atoms with Gasteiger partial charge in [-0.1, -0.05) is 65.1 Å². The Kier molecular flexibility index (Phi) is 3.07. The van der Waals surface area contributed by atoms with E-state index in [1.165, 1.54) is 5.56 Å². The molecule has 1 N–H and O–H groups in total. The van der Waals surface area contributed by atoms with Gasteiger partial charge in [-0.3, -0.25) is 4.79 Å². The fourth-order valence-corrected chi connectivity index (χ4v) is 3.09. The number of rotatable bonds is 1. The Morgan fingerprint density at radius 1 is 0.944 bits per heavy atom. The highest BCUT2D eigenvalue weighted by molar-refractivity contribution is 14.1. The van der Waals surface area contributed by atoms with Crippen LogP contribution in [0.5, 0.6) is 0 Å². The highest BCUT2D eigenvalue weighted by Crippen LogP contribution is 2.34. The smallest absolute Gasteiger partial charge is 0.252 e. The van der Waals surface area contributed by atoms with E-state index < -0.39 is 0 Å². The van der Waals surface area contributed by atoms with E-state index in [-0.39, 0.29) is 11.9 Å². The van der Waals surface area contributed by atoms with Crippen LogP contribution in [0.1, 0.15) is 22.0 Å². The normalized spacial score (nSPS) is 17.4. The minimum absolute atomic E-state index is 0.0171. The summed E-state index contributed by atoms with van der Waals surface area (Å²) < 4.78 is 0.870. The zero-order chi connectivity index (χ0) is 12.5. The van der Waals surface area contributed by atoms with Gasteiger partial charge in [0.1, 0.15) is 0 Å². The second kappa shape index (κ2) is 4.72. The number of alkyl halides is 1. The summed E-state index contributed by atoms with van der Waals surface area (Å²) >= 11 is 2.32. The molecule has 0 aromatic heterocycles. The maximum absolute atomic E-state index is 12.2. The number of fused-ring (bicyclic) bond motifs is 3.